The number of nitrogens with zero attached hydrogens (tertiary/aromatic N) is 2. The lowest BCUT2D eigenvalue weighted by atomic mass is 9.94. The van der Waals surface area contributed by atoms with Crippen LogP contribution < -0.4 is 0 Å². The molecule has 1 heterocycles. The van der Waals surface area contributed by atoms with Crippen molar-refractivity contribution in [2.24, 2.45) is 5.92 Å². The van der Waals surface area contributed by atoms with Crippen LogP contribution in [0.25, 0.3) is 0 Å². The molecule has 1 fully saturated rings. The quantitative estimate of drug-likeness (QED) is 0.663. The minimum Gasteiger partial charge on any atom is -0.396 e. The summed E-state index contributed by atoms with van der Waals surface area (Å²) in [5.41, 5.74) is 0.220. The summed E-state index contributed by atoms with van der Waals surface area (Å²) < 4.78 is 0.518. The third-order valence-electron chi connectivity index (χ3n) is 3.68. The number of benzene rings is 1. The van der Waals surface area contributed by atoms with E-state index >= 15 is 0 Å². The molecule has 1 saturated heterocycles. The lowest BCUT2D eigenvalue weighted by Gasteiger charge is -2.32. The van der Waals surface area contributed by atoms with E-state index in [4.69, 9.17) is 5.11 Å². The molecule has 0 spiro atoms. The Bertz CT molecular complexity index is 548. The van der Waals surface area contributed by atoms with Crippen LogP contribution in [0.15, 0.2) is 22.7 Å². The molecule has 1 unspecified atom stereocenters. The van der Waals surface area contributed by atoms with Gasteiger partial charge in [0.1, 0.15) is 0 Å². The van der Waals surface area contributed by atoms with Gasteiger partial charge in [0.25, 0.3) is 11.6 Å². The minimum atomic E-state index is -0.508. The monoisotopic (exact) mass is 356 g/mol. The van der Waals surface area contributed by atoms with E-state index in [9.17, 15) is 14.9 Å². The molecule has 0 aromatic heterocycles. The van der Waals surface area contributed by atoms with Crippen LogP contribution in [0.4, 0.5) is 5.69 Å². The molecule has 0 radical (unpaired) electrons. The van der Waals surface area contributed by atoms with Gasteiger partial charge in [0.05, 0.1) is 4.92 Å². The molecule has 1 amide bonds. The number of aliphatic hydroxyl groups is 1. The second-order valence-electron chi connectivity index (χ2n) is 5.23. The molecule has 1 aliphatic rings. The molecule has 7 heteroatoms. The van der Waals surface area contributed by atoms with Crippen LogP contribution in [0.5, 0.6) is 0 Å². The first-order valence-corrected chi connectivity index (χ1v) is 7.65. The Morgan fingerprint density at radius 2 is 2.24 bits per heavy atom. The van der Waals surface area contributed by atoms with Gasteiger partial charge in [-0.1, -0.05) is 15.9 Å². The smallest absolute Gasteiger partial charge is 0.271 e. The predicted octanol–water partition coefficient (Wildman–Crippen LogP) is 2.59. The molecule has 0 aliphatic carbocycles. The highest BCUT2D eigenvalue weighted by molar-refractivity contribution is 9.10. The molecule has 0 saturated carbocycles. The summed E-state index contributed by atoms with van der Waals surface area (Å²) in [4.78, 5) is 24.6. The Morgan fingerprint density at radius 1 is 1.48 bits per heavy atom. The van der Waals surface area contributed by atoms with E-state index in [2.05, 4.69) is 15.9 Å². The zero-order valence-electron chi connectivity index (χ0n) is 11.5. The van der Waals surface area contributed by atoms with E-state index in [-0.39, 0.29) is 18.2 Å². The number of piperidine rings is 1. The lowest BCUT2D eigenvalue weighted by Crippen LogP contribution is -2.40. The Balaban J connectivity index is 2.17. The van der Waals surface area contributed by atoms with Crippen molar-refractivity contribution < 1.29 is 14.8 Å². The van der Waals surface area contributed by atoms with E-state index in [1.807, 2.05) is 0 Å². The fourth-order valence-corrected chi connectivity index (χ4v) is 3.13. The number of nitro benzene ring substituents is 1. The zero-order valence-corrected chi connectivity index (χ0v) is 13.1. The van der Waals surface area contributed by atoms with Crippen LogP contribution in [-0.2, 0) is 0 Å². The summed E-state index contributed by atoms with van der Waals surface area (Å²) in [7, 11) is 0. The number of carbonyl (C=O) groups excluding carboxylic acids is 1. The molecule has 21 heavy (non-hydrogen) atoms. The topological polar surface area (TPSA) is 83.7 Å². The van der Waals surface area contributed by atoms with E-state index in [1.165, 1.54) is 12.1 Å². The largest absolute Gasteiger partial charge is 0.396 e. The van der Waals surface area contributed by atoms with Crippen LogP contribution in [0.3, 0.4) is 0 Å². The lowest BCUT2D eigenvalue weighted by molar-refractivity contribution is -0.385. The van der Waals surface area contributed by atoms with Crippen LogP contribution in [0.1, 0.15) is 29.6 Å². The number of amides is 1. The van der Waals surface area contributed by atoms with Crippen LogP contribution in [0, 0.1) is 16.0 Å². The number of hydrogen-bond acceptors (Lipinski definition) is 4. The van der Waals surface area contributed by atoms with E-state index < -0.39 is 4.92 Å². The highest BCUT2D eigenvalue weighted by Gasteiger charge is 2.25. The standard InChI is InChI=1S/C14H17BrN2O4/c15-12-6-11(7-13(8-12)17(20)21)14(19)16-4-1-2-10(9-16)3-5-18/h6-8,10,18H,1-5,9H2. The van der Waals surface area contributed by atoms with Crippen molar-refractivity contribution in [3.8, 4) is 0 Å². The van der Waals surface area contributed by atoms with Crippen molar-refractivity contribution in [3.05, 3.63) is 38.3 Å². The van der Waals surface area contributed by atoms with Crippen molar-refractivity contribution in [1.82, 2.24) is 4.90 Å². The Hall–Kier alpha value is -1.47. The Morgan fingerprint density at radius 3 is 2.90 bits per heavy atom. The van der Waals surface area contributed by atoms with Crippen LogP contribution in [0.2, 0.25) is 0 Å². The summed E-state index contributed by atoms with van der Waals surface area (Å²) in [5, 5.41) is 19.9. The summed E-state index contributed by atoms with van der Waals surface area (Å²) in [6.45, 7) is 1.37. The molecule has 2 rings (SSSR count). The highest BCUT2D eigenvalue weighted by Crippen LogP contribution is 2.25. The van der Waals surface area contributed by atoms with Gasteiger partial charge in [-0.05, 0) is 31.2 Å². The Labute approximate surface area is 131 Å². The third kappa shape index (κ3) is 4.01. The summed E-state index contributed by atoms with van der Waals surface area (Å²) in [5.74, 6) is 0.108. The molecule has 1 N–H and O–H groups in total. The molecule has 1 aromatic carbocycles. The van der Waals surface area contributed by atoms with Crippen LogP contribution >= 0.6 is 15.9 Å². The van der Waals surface area contributed by atoms with Crippen molar-refractivity contribution in [2.45, 2.75) is 19.3 Å². The zero-order chi connectivity index (χ0) is 15.4. The van der Waals surface area contributed by atoms with Gasteiger partial charge in [0.2, 0.25) is 0 Å². The average Bonchev–Trinajstić information content (AvgIpc) is 2.46. The van der Waals surface area contributed by atoms with Gasteiger partial charge in [-0.2, -0.15) is 0 Å². The third-order valence-corrected chi connectivity index (χ3v) is 4.14. The normalized spacial score (nSPS) is 18.6. The van der Waals surface area contributed by atoms with E-state index in [0.29, 0.717) is 35.5 Å². The SMILES string of the molecule is O=C(c1cc(Br)cc([N+](=O)[O-])c1)N1CCCC(CCO)C1. The van der Waals surface area contributed by atoms with Crippen LogP contribution in [-0.4, -0.2) is 40.5 Å². The number of carbonyl (C=O) groups is 1. The number of non-ortho nitro benzene ring substituents is 1. The van der Waals surface area contributed by atoms with Gasteiger partial charge in [0, 0.05) is 41.9 Å². The van der Waals surface area contributed by atoms with Crippen molar-refractivity contribution in [1.29, 1.82) is 0 Å². The molecule has 1 atom stereocenters. The first kappa shape index (κ1) is 15.9. The number of halogens is 1. The van der Waals surface area contributed by atoms with Gasteiger partial charge >= 0.3 is 0 Å². The summed E-state index contributed by atoms with van der Waals surface area (Å²) in [6, 6.07) is 4.29. The number of rotatable bonds is 4. The summed E-state index contributed by atoms with van der Waals surface area (Å²) >= 11 is 3.20. The fraction of sp³-hybridized carbons (Fsp3) is 0.500. The van der Waals surface area contributed by atoms with E-state index in [0.717, 1.165) is 12.8 Å². The maximum Gasteiger partial charge on any atom is 0.271 e. The molecular formula is C14H17BrN2O4. The number of hydrogen-bond donors (Lipinski definition) is 1. The van der Waals surface area contributed by atoms with Crippen molar-refractivity contribution >= 4 is 27.5 Å². The van der Waals surface area contributed by atoms with Crippen molar-refractivity contribution in [2.75, 3.05) is 19.7 Å². The highest BCUT2D eigenvalue weighted by atomic mass is 79.9. The number of aliphatic hydroxyl groups excluding tert-OH is 1. The second-order valence-corrected chi connectivity index (χ2v) is 6.14. The van der Waals surface area contributed by atoms with Crippen molar-refractivity contribution in [3.63, 3.8) is 0 Å². The molecule has 6 nitrogen and oxygen atoms in total. The minimum absolute atomic E-state index is 0.100. The van der Waals surface area contributed by atoms with E-state index in [1.54, 1.807) is 11.0 Å². The second kappa shape index (κ2) is 7.00. The molecule has 1 aliphatic heterocycles. The predicted molar refractivity (Wildman–Crippen MR) is 81.1 cm³/mol. The number of nitro groups is 1. The molecule has 0 bridgehead atoms. The fourth-order valence-electron chi connectivity index (χ4n) is 2.65. The first-order valence-electron chi connectivity index (χ1n) is 6.86. The van der Waals surface area contributed by atoms with Gasteiger partial charge in [-0.15, -0.1) is 0 Å². The van der Waals surface area contributed by atoms with Gasteiger partial charge in [-0.3, -0.25) is 14.9 Å². The molecule has 114 valence electrons. The Kier molecular flexibility index (Phi) is 5.30. The summed E-state index contributed by atoms with van der Waals surface area (Å²) in [6.07, 6.45) is 2.58. The maximum atomic E-state index is 12.5. The molecular weight excluding hydrogens is 340 g/mol. The van der Waals surface area contributed by atoms with Gasteiger partial charge in [-0.25, -0.2) is 0 Å². The average molecular weight is 357 g/mol. The number of likely N-dealkylation sites (tertiary alicyclic amines) is 1. The first-order chi connectivity index (χ1) is 10.0. The molecule has 1 aromatic rings. The van der Waals surface area contributed by atoms with Gasteiger partial charge < -0.3 is 10.0 Å². The maximum absolute atomic E-state index is 12.5. The van der Waals surface area contributed by atoms with Gasteiger partial charge in [0.15, 0.2) is 0 Å².